The van der Waals surface area contributed by atoms with Crippen LogP contribution >= 0.6 is 27.3 Å². The van der Waals surface area contributed by atoms with E-state index in [9.17, 15) is 4.79 Å². The van der Waals surface area contributed by atoms with Crippen LogP contribution < -0.4 is 0 Å². The number of thiazole rings is 1. The molecule has 0 fully saturated rings. The molecule has 0 N–H and O–H groups in total. The Labute approximate surface area is 132 Å². The van der Waals surface area contributed by atoms with Gasteiger partial charge in [0.25, 0.3) is 0 Å². The zero-order valence-electron chi connectivity index (χ0n) is 12.2. The average molecular weight is 352 g/mol. The first-order valence-electron chi connectivity index (χ1n) is 6.51. The maximum absolute atomic E-state index is 12.3. The fourth-order valence-corrected chi connectivity index (χ4v) is 3.55. The molecule has 0 spiro atoms. The van der Waals surface area contributed by atoms with Gasteiger partial charge in [-0.1, -0.05) is 42.8 Å². The summed E-state index contributed by atoms with van der Waals surface area (Å²) < 4.78 is 0.857. The van der Waals surface area contributed by atoms with E-state index < -0.39 is 0 Å². The minimum Gasteiger partial charge on any atom is -0.294 e. The van der Waals surface area contributed by atoms with Crippen LogP contribution in [0.25, 0.3) is 0 Å². The van der Waals surface area contributed by atoms with E-state index in [1.54, 1.807) is 11.3 Å². The predicted molar refractivity (Wildman–Crippen MR) is 87.7 cm³/mol. The van der Waals surface area contributed by atoms with Crippen molar-refractivity contribution in [3.63, 3.8) is 0 Å². The van der Waals surface area contributed by atoms with Gasteiger partial charge in [-0.05, 0) is 24.6 Å². The summed E-state index contributed by atoms with van der Waals surface area (Å²) in [6.45, 7) is 8.40. The zero-order chi connectivity index (χ0) is 14.9. The molecule has 2 nitrogen and oxygen atoms in total. The Morgan fingerprint density at radius 3 is 2.60 bits per heavy atom. The largest absolute Gasteiger partial charge is 0.294 e. The third kappa shape index (κ3) is 3.55. The maximum Gasteiger partial charge on any atom is 0.170 e. The van der Waals surface area contributed by atoms with Crippen molar-refractivity contribution in [2.75, 3.05) is 0 Å². The van der Waals surface area contributed by atoms with Crippen LogP contribution in [0.2, 0.25) is 0 Å². The van der Waals surface area contributed by atoms with Gasteiger partial charge >= 0.3 is 0 Å². The lowest BCUT2D eigenvalue weighted by Gasteiger charge is -2.14. The van der Waals surface area contributed by atoms with Crippen LogP contribution in [0.4, 0.5) is 0 Å². The standard InChI is InChI=1S/C16H18BrNOS/c1-10-5-6-11(12(17)7-10)13(19)8-15-18-14(9-20-15)16(2,3)4/h5-7,9H,8H2,1-4H3. The molecule has 0 amide bonds. The van der Waals surface area contributed by atoms with Crippen LogP contribution in [-0.2, 0) is 11.8 Å². The maximum atomic E-state index is 12.3. The van der Waals surface area contributed by atoms with Crippen LogP contribution in [-0.4, -0.2) is 10.8 Å². The van der Waals surface area contributed by atoms with Gasteiger partial charge in [0.05, 0.1) is 12.1 Å². The number of rotatable bonds is 3. The molecule has 0 aliphatic carbocycles. The van der Waals surface area contributed by atoms with Gasteiger partial charge in [-0.25, -0.2) is 4.98 Å². The number of Topliss-reactive ketones (excluding diaryl/α,β-unsaturated/α-hetero) is 1. The molecule has 0 aliphatic heterocycles. The molecule has 0 atom stereocenters. The lowest BCUT2D eigenvalue weighted by atomic mass is 9.93. The number of carbonyl (C=O) groups excluding carboxylic acids is 1. The number of benzene rings is 1. The first-order chi connectivity index (χ1) is 9.27. The van der Waals surface area contributed by atoms with Gasteiger partial charge in [-0.2, -0.15) is 0 Å². The molecule has 0 saturated carbocycles. The van der Waals surface area contributed by atoms with Crippen molar-refractivity contribution < 1.29 is 4.79 Å². The van der Waals surface area contributed by atoms with E-state index in [4.69, 9.17) is 0 Å². The summed E-state index contributed by atoms with van der Waals surface area (Å²) in [6, 6.07) is 5.80. The second-order valence-corrected chi connectivity index (χ2v) is 7.76. The summed E-state index contributed by atoms with van der Waals surface area (Å²) in [4.78, 5) is 16.9. The molecule has 0 bridgehead atoms. The zero-order valence-corrected chi connectivity index (χ0v) is 14.6. The SMILES string of the molecule is Cc1ccc(C(=O)Cc2nc(C(C)(C)C)cs2)c(Br)c1. The number of aromatic nitrogens is 1. The van der Waals surface area contributed by atoms with Gasteiger partial charge in [0.2, 0.25) is 0 Å². The van der Waals surface area contributed by atoms with E-state index in [-0.39, 0.29) is 11.2 Å². The quantitative estimate of drug-likeness (QED) is 0.733. The van der Waals surface area contributed by atoms with Crippen LogP contribution in [0.3, 0.4) is 0 Å². The van der Waals surface area contributed by atoms with Gasteiger partial charge in [-0.15, -0.1) is 11.3 Å². The summed E-state index contributed by atoms with van der Waals surface area (Å²) in [5, 5.41) is 2.93. The van der Waals surface area contributed by atoms with Crippen LogP contribution in [0.5, 0.6) is 0 Å². The van der Waals surface area contributed by atoms with Crippen molar-refractivity contribution >= 4 is 33.0 Å². The lowest BCUT2D eigenvalue weighted by Crippen LogP contribution is -2.12. The topological polar surface area (TPSA) is 30.0 Å². The molecule has 2 rings (SSSR count). The van der Waals surface area contributed by atoms with Crippen LogP contribution in [0.1, 0.15) is 47.4 Å². The van der Waals surface area contributed by atoms with Crippen molar-refractivity contribution in [2.45, 2.75) is 39.5 Å². The van der Waals surface area contributed by atoms with E-state index in [1.807, 2.05) is 30.5 Å². The second kappa shape index (κ2) is 5.78. The minimum atomic E-state index is 0.0300. The molecular formula is C16H18BrNOS. The highest BCUT2D eigenvalue weighted by molar-refractivity contribution is 9.10. The monoisotopic (exact) mass is 351 g/mol. The minimum absolute atomic E-state index is 0.0300. The highest BCUT2D eigenvalue weighted by atomic mass is 79.9. The highest BCUT2D eigenvalue weighted by Crippen LogP contribution is 2.25. The summed E-state index contributed by atoms with van der Waals surface area (Å²) in [5.41, 5.74) is 2.94. The fraction of sp³-hybridized carbons (Fsp3) is 0.375. The van der Waals surface area contributed by atoms with Gasteiger partial charge in [0.1, 0.15) is 5.01 Å². The summed E-state index contributed by atoms with van der Waals surface area (Å²) in [6.07, 6.45) is 0.363. The molecule has 1 aromatic heterocycles. The number of hydrogen-bond acceptors (Lipinski definition) is 3. The van der Waals surface area contributed by atoms with Crippen LogP contribution in [0.15, 0.2) is 28.1 Å². The molecule has 2 aromatic rings. The molecule has 20 heavy (non-hydrogen) atoms. The van der Waals surface area contributed by atoms with Crippen molar-refractivity contribution in [2.24, 2.45) is 0 Å². The molecule has 0 saturated heterocycles. The van der Waals surface area contributed by atoms with Crippen molar-refractivity contribution in [3.8, 4) is 0 Å². The number of nitrogens with zero attached hydrogens (tertiary/aromatic N) is 1. The molecule has 106 valence electrons. The molecule has 4 heteroatoms. The predicted octanol–water partition coefficient (Wildman–Crippen LogP) is 4.94. The van der Waals surface area contributed by atoms with Gasteiger partial charge < -0.3 is 0 Å². The number of carbonyl (C=O) groups is 1. The Morgan fingerprint density at radius 1 is 1.35 bits per heavy atom. The second-order valence-electron chi connectivity index (χ2n) is 5.96. The number of halogens is 1. The van der Waals surface area contributed by atoms with Gasteiger partial charge in [-0.3, -0.25) is 4.79 Å². The Morgan fingerprint density at radius 2 is 2.05 bits per heavy atom. The Balaban J connectivity index is 2.17. The number of hydrogen-bond donors (Lipinski definition) is 0. The van der Waals surface area contributed by atoms with E-state index in [1.165, 1.54) is 0 Å². The summed E-state index contributed by atoms with van der Waals surface area (Å²) in [5.74, 6) is 0.103. The smallest absolute Gasteiger partial charge is 0.170 e. The van der Waals surface area contributed by atoms with Gasteiger partial charge in [0.15, 0.2) is 5.78 Å². The Bertz CT molecular complexity index is 640. The van der Waals surface area contributed by atoms with Gasteiger partial charge in [0, 0.05) is 20.8 Å². The normalized spacial score (nSPS) is 11.7. The molecular weight excluding hydrogens is 334 g/mol. The van der Waals surface area contributed by atoms with E-state index in [0.717, 1.165) is 26.3 Å². The van der Waals surface area contributed by atoms with Crippen molar-refractivity contribution in [1.82, 2.24) is 4.98 Å². The summed E-state index contributed by atoms with van der Waals surface area (Å²) in [7, 11) is 0. The molecule has 1 aromatic carbocycles. The number of aryl methyl sites for hydroxylation is 1. The first kappa shape index (κ1) is 15.4. The summed E-state index contributed by atoms with van der Waals surface area (Å²) >= 11 is 5.02. The van der Waals surface area contributed by atoms with E-state index in [0.29, 0.717) is 6.42 Å². The average Bonchev–Trinajstić information content (AvgIpc) is 2.76. The number of ketones is 1. The highest BCUT2D eigenvalue weighted by Gasteiger charge is 2.19. The van der Waals surface area contributed by atoms with Crippen molar-refractivity contribution in [1.29, 1.82) is 0 Å². The Hall–Kier alpha value is -1.00. The van der Waals surface area contributed by atoms with Crippen molar-refractivity contribution in [3.05, 3.63) is 49.9 Å². The molecule has 1 heterocycles. The van der Waals surface area contributed by atoms with E-state index >= 15 is 0 Å². The van der Waals surface area contributed by atoms with E-state index in [2.05, 4.69) is 41.7 Å². The lowest BCUT2D eigenvalue weighted by molar-refractivity contribution is 0.0992. The first-order valence-corrected chi connectivity index (χ1v) is 8.19. The molecule has 0 unspecified atom stereocenters. The fourth-order valence-electron chi connectivity index (χ4n) is 1.82. The molecule has 0 aliphatic rings. The Kier molecular flexibility index (Phi) is 4.45. The third-order valence-electron chi connectivity index (χ3n) is 3.06. The third-order valence-corrected chi connectivity index (χ3v) is 4.56. The van der Waals surface area contributed by atoms with Crippen LogP contribution in [0, 0.1) is 6.92 Å². The molecule has 0 radical (unpaired) electrons.